The molecule has 1 N–H and O–H groups in total. The number of aryl methyl sites for hydroxylation is 2. The minimum Gasteiger partial charge on any atom is -0.396 e. The van der Waals surface area contributed by atoms with E-state index < -0.39 is 0 Å². The highest BCUT2D eigenvalue weighted by atomic mass is 19.1. The van der Waals surface area contributed by atoms with E-state index in [1.165, 1.54) is 12.1 Å². The number of aliphatic hydroxyl groups is 1. The molecule has 0 unspecified atom stereocenters. The Morgan fingerprint density at radius 3 is 2.78 bits per heavy atom. The Balaban J connectivity index is 2.35. The minimum atomic E-state index is -0.277. The van der Waals surface area contributed by atoms with Gasteiger partial charge in [0.05, 0.1) is 5.69 Å². The molecule has 0 aliphatic carbocycles. The Morgan fingerprint density at radius 2 is 2.06 bits per heavy atom. The van der Waals surface area contributed by atoms with Gasteiger partial charge in [-0.15, -0.1) is 0 Å². The van der Waals surface area contributed by atoms with Gasteiger partial charge in [0.2, 0.25) is 0 Å². The molecule has 2 aromatic rings. The number of aromatic nitrogens is 2. The fraction of sp³-hybridized carbons (Fsp3) is 0.286. The van der Waals surface area contributed by atoms with Gasteiger partial charge in [0.25, 0.3) is 0 Å². The maximum absolute atomic E-state index is 13.2. The summed E-state index contributed by atoms with van der Waals surface area (Å²) < 4.78 is 13.2. The summed E-state index contributed by atoms with van der Waals surface area (Å²) in [6, 6.07) is 8.18. The van der Waals surface area contributed by atoms with Gasteiger partial charge in [-0.3, -0.25) is 0 Å². The summed E-state index contributed by atoms with van der Waals surface area (Å²) >= 11 is 0. The molecule has 0 atom stereocenters. The van der Waals surface area contributed by atoms with Gasteiger partial charge in [-0.05, 0) is 31.5 Å². The molecule has 0 fully saturated rings. The fourth-order valence-electron chi connectivity index (χ4n) is 1.77. The Hall–Kier alpha value is -1.81. The summed E-state index contributed by atoms with van der Waals surface area (Å²) in [5, 5.41) is 8.81. The highest BCUT2D eigenvalue weighted by Crippen LogP contribution is 2.19. The van der Waals surface area contributed by atoms with E-state index >= 15 is 0 Å². The normalized spacial score (nSPS) is 10.6. The number of halogens is 1. The third kappa shape index (κ3) is 3.11. The molecule has 4 heteroatoms. The van der Waals surface area contributed by atoms with Crippen LogP contribution >= 0.6 is 0 Å². The number of benzene rings is 1. The molecule has 0 aliphatic heterocycles. The van der Waals surface area contributed by atoms with Crippen LogP contribution in [0.5, 0.6) is 0 Å². The molecule has 0 bridgehead atoms. The van der Waals surface area contributed by atoms with E-state index in [-0.39, 0.29) is 12.4 Å². The first-order valence-corrected chi connectivity index (χ1v) is 5.90. The smallest absolute Gasteiger partial charge is 0.129 e. The van der Waals surface area contributed by atoms with Gasteiger partial charge in [0.15, 0.2) is 0 Å². The van der Waals surface area contributed by atoms with E-state index in [0.29, 0.717) is 18.7 Å². The van der Waals surface area contributed by atoms with E-state index in [4.69, 9.17) is 5.11 Å². The summed E-state index contributed by atoms with van der Waals surface area (Å²) in [4.78, 5) is 8.70. The lowest BCUT2D eigenvalue weighted by Crippen LogP contribution is -2.00. The third-order valence-electron chi connectivity index (χ3n) is 2.58. The van der Waals surface area contributed by atoms with Crippen LogP contribution in [-0.2, 0) is 6.42 Å². The lowest BCUT2D eigenvalue weighted by Gasteiger charge is -2.06. The lowest BCUT2D eigenvalue weighted by atomic mass is 10.1. The zero-order chi connectivity index (χ0) is 13.0. The highest BCUT2D eigenvalue weighted by Gasteiger charge is 2.05. The fourth-order valence-corrected chi connectivity index (χ4v) is 1.77. The van der Waals surface area contributed by atoms with Crippen molar-refractivity contribution in [2.75, 3.05) is 6.61 Å². The lowest BCUT2D eigenvalue weighted by molar-refractivity contribution is 0.287. The maximum atomic E-state index is 13.2. The van der Waals surface area contributed by atoms with Crippen LogP contribution in [0.2, 0.25) is 0 Å². The van der Waals surface area contributed by atoms with Crippen LogP contribution in [0.25, 0.3) is 11.3 Å². The Kier molecular flexibility index (Phi) is 3.99. The SMILES string of the molecule is Cc1cc(-c2cccc(F)c2)nc(CCCO)n1. The second kappa shape index (κ2) is 5.69. The molecule has 2 rings (SSSR count). The van der Waals surface area contributed by atoms with Crippen molar-refractivity contribution in [3.8, 4) is 11.3 Å². The standard InChI is InChI=1S/C14H15FN2O/c1-10-8-13(11-4-2-5-12(15)9-11)17-14(16-10)6-3-7-18/h2,4-5,8-9,18H,3,6-7H2,1H3. The first kappa shape index (κ1) is 12.6. The van der Waals surface area contributed by atoms with Crippen LogP contribution in [0, 0.1) is 12.7 Å². The third-order valence-corrected chi connectivity index (χ3v) is 2.58. The molecular formula is C14H15FN2O. The first-order valence-electron chi connectivity index (χ1n) is 5.90. The van der Waals surface area contributed by atoms with Gasteiger partial charge in [-0.1, -0.05) is 12.1 Å². The highest BCUT2D eigenvalue weighted by molar-refractivity contribution is 5.59. The molecule has 1 aromatic heterocycles. The summed E-state index contributed by atoms with van der Waals surface area (Å²) in [5.74, 6) is 0.406. The largest absolute Gasteiger partial charge is 0.396 e. The molecule has 0 aliphatic rings. The number of nitrogens with zero attached hydrogens (tertiary/aromatic N) is 2. The molecule has 1 heterocycles. The minimum absolute atomic E-state index is 0.118. The summed E-state index contributed by atoms with van der Waals surface area (Å²) in [6.07, 6.45) is 1.26. The summed E-state index contributed by atoms with van der Waals surface area (Å²) in [5.41, 5.74) is 2.30. The van der Waals surface area contributed by atoms with Crippen LogP contribution in [-0.4, -0.2) is 21.7 Å². The van der Waals surface area contributed by atoms with Crippen LogP contribution in [0.1, 0.15) is 17.9 Å². The van der Waals surface area contributed by atoms with Crippen LogP contribution in [0.15, 0.2) is 30.3 Å². The molecule has 0 saturated carbocycles. The second-order valence-electron chi connectivity index (χ2n) is 4.15. The van der Waals surface area contributed by atoms with Gasteiger partial charge in [0.1, 0.15) is 11.6 Å². The Labute approximate surface area is 105 Å². The number of hydrogen-bond acceptors (Lipinski definition) is 3. The molecule has 0 saturated heterocycles. The predicted molar refractivity (Wildman–Crippen MR) is 67.6 cm³/mol. The van der Waals surface area contributed by atoms with Crippen molar-refractivity contribution in [2.45, 2.75) is 19.8 Å². The van der Waals surface area contributed by atoms with E-state index in [2.05, 4.69) is 9.97 Å². The van der Waals surface area contributed by atoms with Crippen molar-refractivity contribution < 1.29 is 9.50 Å². The van der Waals surface area contributed by atoms with Gasteiger partial charge < -0.3 is 5.11 Å². The average Bonchev–Trinajstić information content (AvgIpc) is 2.36. The van der Waals surface area contributed by atoms with Crippen LogP contribution in [0.4, 0.5) is 4.39 Å². The summed E-state index contributed by atoms with van der Waals surface area (Å²) in [7, 11) is 0. The number of hydrogen-bond donors (Lipinski definition) is 1. The van der Waals surface area contributed by atoms with E-state index in [0.717, 1.165) is 17.0 Å². The van der Waals surface area contributed by atoms with Crippen molar-refractivity contribution >= 4 is 0 Å². The Morgan fingerprint density at radius 1 is 1.22 bits per heavy atom. The molecule has 1 aromatic carbocycles. The topological polar surface area (TPSA) is 46.0 Å². The quantitative estimate of drug-likeness (QED) is 0.901. The van der Waals surface area contributed by atoms with Gasteiger partial charge >= 0.3 is 0 Å². The van der Waals surface area contributed by atoms with Crippen molar-refractivity contribution in [3.05, 3.63) is 47.7 Å². The zero-order valence-corrected chi connectivity index (χ0v) is 10.2. The average molecular weight is 246 g/mol. The summed E-state index contributed by atoms with van der Waals surface area (Å²) in [6.45, 7) is 2.00. The van der Waals surface area contributed by atoms with E-state index in [1.807, 2.05) is 19.1 Å². The van der Waals surface area contributed by atoms with Gasteiger partial charge in [-0.25, -0.2) is 14.4 Å². The maximum Gasteiger partial charge on any atom is 0.129 e. The molecular weight excluding hydrogens is 231 g/mol. The number of aliphatic hydroxyl groups excluding tert-OH is 1. The molecule has 0 radical (unpaired) electrons. The van der Waals surface area contributed by atoms with Crippen molar-refractivity contribution in [2.24, 2.45) is 0 Å². The van der Waals surface area contributed by atoms with Gasteiger partial charge in [0, 0.05) is 24.3 Å². The number of rotatable bonds is 4. The molecule has 0 spiro atoms. The first-order chi connectivity index (χ1) is 8.69. The van der Waals surface area contributed by atoms with E-state index in [9.17, 15) is 4.39 Å². The predicted octanol–water partition coefficient (Wildman–Crippen LogP) is 2.52. The van der Waals surface area contributed by atoms with E-state index in [1.54, 1.807) is 6.07 Å². The molecule has 3 nitrogen and oxygen atoms in total. The molecule has 0 amide bonds. The van der Waals surface area contributed by atoms with Crippen LogP contribution < -0.4 is 0 Å². The van der Waals surface area contributed by atoms with Crippen molar-refractivity contribution in [1.82, 2.24) is 9.97 Å². The zero-order valence-electron chi connectivity index (χ0n) is 10.2. The Bertz CT molecular complexity index is 543. The van der Waals surface area contributed by atoms with Crippen molar-refractivity contribution in [1.29, 1.82) is 0 Å². The molecule has 94 valence electrons. The van der Waals surface area contributed by atoms with Crippen molar-refractivity contribution in [3.63, 3.8) is 0 Å². The molecule has 18 heavy (non-hydrogen) atoms. The monoisotopic (exact) mass is 246 g/mol. The van der Waals surface area contributed by atoms with Gasteiger partial charge in [-0.2, -0.15) is 0 Å². The second-order valence-corrected chi connectivity index (χ2v) is 4.15. The van der Waals surface area contributed by atoms with Crippen LogP contribution in [0.3, 0.4) is 0 Å².